The number of ether oxygens (including phenoxy) is 2. The van der Waals surface area contributed by atoms with Gasteiger partial charge in [0.1, 0.15) is 19.8 Å². The zero-order chi connectivity index (χ0) is 39.3. The molecule has 0 aromatic rings. The number of hydrogen-bond acceptors (Lipinski definition) is 7. The standard InChI is InChI=1S/C43H76NO8P/c1-6-8-10-12-14-16-17-18-19-20-21-22-23-24-25-26-27-28-30-32-34-36-43(46)52-41(40-51-53(47,48)50-38-37-44(3,4)5)39-49-42(45)35-33-31-29-15-13-11-9-7-2/h8,10,14,16,18-19,21-22,24-25,41H,6-7,9,11-13,15,17,20,23,26-40H2,1-5H3/p+1/b10-8-,16-14-,19-18-,22-21-,25-24-. The van der Waals surface area contributed by atoms with Crippen LogP contribution in [0.2, 0.25) is 0 Å². The van der Waals surface area contributed by atoms with Crippen molar-refractivity contribution in [2.75, 3.05) is 47.5 Å². The van der Waals surface area contributed by atoms with Crippen LogP contribution >= 0.6 is 7.82 Å². The zero-order valence-electron chi connectivity index (χ0n) is 34.2. The molecule has 0 fully saturated rings. The van der Waals surface area contributed by atoms with Gasteiger partial charge < -0.3 is 18.9 Å². The predicted molar refractivity (Wildman–Crippen MR) is 219 cm³/mol. The van der Waals surface area contributed by atoms with Gasteiger partial charge in [-0.1, -0.05) is 139 Å². The van der Waals surface area contributed by atoms with E-state index in [1.54, 1.807) is 0 Å². The predicted octanol–water partition coefficient (Wildman–Crippen LogP) is 11.3. The lowest BCUT2D eigenvalue weighted by atomic mass is 10.1. The Balaban J connectivity index is 4.37. The van der Waals surface area contributed by atoms with E-state index in [2.05, 4.69) is 74.6 Å². The molecular weight excluding hydrogens is 689 g/mol. The fourth-order valence-corrected chi connectivity index (χ4v) is 5.84. The molecule has 0 aliphatic rings. The van der Waals surface area contributed by atoms with E-state index < -0.39 is 26.5 Å². The number of phosphoric ester groups is 1. The van der Waals surface area contributed by atoms with Crippen molar-refractivity contribution in [2.45, 2.75) is 155 Å². The molecule has 53 heavy (non-hydrogen) atoms. The first-order chi connectivity index (χ1) is 25.5. The van der Waals surface area contributed by atoms with Gasteiger partial charge in [-0.3, -0.25) is 18.6 Å². The molecular formula is C43H77NO8P+. The first kappa shape index (κ1) is 50.7. The Morgan fingerprint density at radius 1 is 0.604 bits per heavy atom. The third-order valence-corrected chi connectivity index (χ3v) is 9.30. The molecule has 0 bridgehead atoms. The molecule has 0 aromatic heterocycles. The summed E-state index contributed by atoms with van der Waals surface area (Å²) in [6.07, 6.45) is 41.4. The van der Waals surface area contributed by atoms with Crippen molar-refractivity contribution in [1.82, 2.24) is 0 Å². The number of nitrogens with zero attached hydrogens (tertiary/aromatic N) is 1. The van der Waals surface area contributed by atoms with Crippen LogP contribution in [-0.4, -0.2) is 74.9 Å². The van der Waals surface area contributed by atoms with Gasteiger partial charge in [0.15, 0.2) is 6.10 Å². The smallest absolute Gasteiger partial charge is 0.462 e. The van der Waals surface area contributed by atoms with E-state index in [0.717, 1.165) is 83.5 Å². The Morgan fingerprint density at radius 2 is 1.08 bits per heavy atom. The molecule has 0 saturated heterocycles. The van der Waals surface area contributed by atoms with Crippen LogP contribution in [0.1, 0.15) is 149 Å². The lowest BCUT2D eigenvalue weighted by molar-refractivity contribution is -0.870. The lowest BCUT2D eigenvalue weighted by Crippen LogP contribution is -2.37. The molecule has 0 radical (unpaired) electrons. The number of phosphoric acid groups is 1. The minimum absolute atomic E-state index is 0.0254. The summed E-state index contributed by atoms with van der Waals surface area (Å²) in [6.45, 7) is 4.23. The first-order valence-corrected chi connectivity index (χ1v) is 22.0. The molecule has 2 unspecified atom stereocenters. The highest BCUT2D eigenvalue weighted by atomic mass is 31.2. The molecule has 1 N–H and O–H groups in total. The Morgan fingerprint density at radius 3 is 1.60 bits per heavy atom. The topological polar surface area (TPSA) is 108 Å². The average molecular weight is 767 g/mol. The van der Waals surface area contributed by atoms with Gasteiger partial charge in [0, 0.05) is 12.8 Å². The maximum Gasteiger partial charge on any atom is 0.472 e. The van der Waals surface area contributed by atoms with Crippen LogP contribution in [0.25, 0.3) is 0 Å². The quantitative estimate of drug-likeness (QED) is 0.0221. The average Bonchev–Trinajstić information content (AvgIpc) is 3.10. The fraction of sp³-hybridized carbons (Fsp3) is 0.721. The van der Waals surface area contributed by atoms with Crippen molar-refractivity contribution in [3.63, 3.8) is 0 Å². The molecule has 0 heterocycles. The Kier molecular flexibility index (Phi) is 33.9. The number of quaternary nitrogens is 1. The van der Waals surface area contributed by atoms with E-state index in [9.17, 15) is 19.0 Å². The maximum atomic E-state index is 12.6. The third-order valence-electron chi connectivity index (χ3n) is 8.31. The van der Waals surface area contributed by atoms with Crippen molar-refractivity contribution in [3.05, 3.63) is 60.8 Å². The van der Waals surface area contributed by atoms with Gasteiger partial charge in [0.05, 0.1) is 27.7 Å². The number of rotatable bonds is 36. The number of allylic oxidation sites excluding steroid dienone is 10. The van der Waals surface area contributed by atoms with Gasteiger partial charge in [-0.15, -0.1) is 0 Å². The largest absolute Gasteiger partial charge is 0.472 e. The van der Waals surface area contributed by atoms with Crippen molar-refractivity contribution in [1.29, 1.82) is 0 Å². The fourth-order valence-electron chi connectivity index (χ4n) is 5.10. The lowest BCUT2D eigenvalue weighted by Gasteiger charge is -2.24. The maximum absolute atomic E-state index is 12.6. The summed E-state index contributed by atoms with van der Waals surface area (Å²) >= 11 is 0. The van der Waals surface area contributed by atoms with Crippen LogP contribution in [0.5, 0.6) is 0 Å². The number of carbonyl (C=O) groups is 2. The Labute approximate surface area is 324 Å². The molecule has 0 spiro atoms. The second-order valence-corrected chi connectivity index (χ2v) is 16.1. The highest BCUT2D eigenvalue weighted by Gasteiger charge is 2.27. The van der Waals surface area contributed by atoms with Crippen LogP contribution in [0.15, 0.2) is 60.8 Å². The second kappa shape index (κ2) is 35.4. The van der Waals surface area contributed by atoms with Crippen molar-refractivity contribution in [2.24, 2.45) is 0 Å². The van der Waals surface area contributed by atoms with Crippen LogP contribution in [-0.2, 0) is 32.7 Å². The summed E-state index contributed by atoms with van der Waals surface area (Å²) in [5.74, 6) is -0.830. The van der Waals surface area contributed by atoms with E-state index in [1.165, 1.54) is 32.1 Å². The van der Waals surface area contributed by atoms with E-state index in [1.807, 2.05) is 21.1 Å². The minimum atomic E-state index is -4.37. The molecule has 9 nitrogen and oxygen atoms in total. The number of unbranched alkanes of at least 4 members (excludes halogenated alkanes) is 12. The van der Waals surface area contributed by atoms with Crippen molar-refractivity contribution in [3.8, 4) is 0 Å². The summed E-state index contributed by atoms with van der Waals surface area (Å²) in [6, 6.07) is 0. The molecule has 0 amide bonds. The van der Waals surface area contributed by atoms with E-state index in [4.69, 9.17) is 18.5 Å². The van der Waals surface area contributed by atoms with Gasteiger partial charge in [-0.25, -0.2) is 4.57 Å². The van der Waals surface area contributed by atoms with Gasteiger partial charge in [0.25, 0.3) is 0 Å². The second-order valence-electron chi connectivity index (χ2n) is 14.6. The summed E-state index contributed by atoms with van der Waals surface area (Å²) in [4.78, 5) is 35.1. The van der Waals surface area contributed by atoms with Gasteiger partial charge >= 0.3 is 19.8 Å². The van der Waals surface area contributed by atoms with Gasteiger partial charge in [-0.2, -0.15) is 0 Å². The Hall–Kier alpha value is -2.29. The van der Waals surface area contributed by atoms with Gasteiger partial charge in [0.2, 0.25) is 0 Å². The number of esters is 2. The Bertz CT molecular complexity index is 1090. The van der Waals surface area contributed by atoms with Crippen LogP contribution in [0.3, 0.4) is 0 Å². The number of hydrogen-bond donors (Lipinski definition) is 1. The molecule has 10 heteroatoms. The molecule has 0 rings (SSSR count). The summed E-state index contributed by atoms with van der Waals surface area (Å²) in [5, 5.41) is 0. The van der Waals surface area contributed by atoms with E-state index in [0.29, 0.717) is 17.4 Å². The molecule has 0 aliphatic heterocycles. The van der Waals surface area contributed by atoms with Crippen LogP contribution in [0, 0.1) is 0 Å². The summed E-state index contributed by atoms with van der Waals surface area (Å²) in [7, 11) is 1.45. The molecule has 0 aliphatic carbocycles. The van der Waals surface area contributed by atoms with Crippen molar-refractivity contribution >= 4 is 19.8 Å². The summed E-state index contributed by atoms with van der Waals surface area (Å²) < 4.78 is 34.1. The van der Waals surface area contributed by atoms with Crippen LogP contribution in [0.4, 0.5) is 0 Å². The van der Waals surface area contributed by atoms with Gasteiger partial charge in [-0.05, 0) is 57.8 Å². The SMILES string of the molecule is CC/C=C\C/C=C\C/C=C\C/C=C\C/C=C\CCCCCCCC(=O)OC(COC(=O)CCCCCCCCCC)COP(=O)(O)OCC[N+](C)(C)C. The van der Waals surface area contributed by atoms with E-state index in [-0.39, 0.29) is 32.0 Å². The van der Waals surface area contributed by atoms with Crippen molar-refractivity contribution < 1.29 is 42.1 Å². The molecule has 0 saturated carbocycles. The first-order valence-electron chi connectivity index (χ1n) is 20.5. The summed E-state index contributed by atoms with van der Waals surface area (Å²) in [5.41, 5.74) is 0. The monoisotopic (exact) mass is 767 g/mol. The number of carbonyl (C=O) groups excluding carboxylic acids is 2. The highest BCUT2D eigenvalue weighted by Crippen LogP contribution is 2.43. The van der Waals surface area contributed by atoms with Crippen LogP contribution < -0.4 is 0 Å². The molecule has 0 aromatic carbocycles. The zero-order valence-corrected chi connectivity index (χ0v) is 35.1. The normalized spacial score (nSPS) is 14.3. The number of likely N-dealkylation sites (N-methyl/N-ethyl adjacent to an activating group) is 1. The highest BCUT2D eigenvalue weighted by molar-refractivity contribution is 7.47. The molecule has 2 atom stereocenters. The van der Waals surface area contributed by atoms with E-state index >= 15 is 0 Å². The minimum Gasteiger partial charge on any atom is -0.462 e. The third kappa shape index (κ3) is 39.2. The molecule has 306 valence electrons.